The fraction of sp³-hybridized carbons (Fsp3) is 0.500. The number of aromatic nitrogens is 1. The van der Waals surface area contributed by atoms with Gasteiger partial charge in [0, 0.05) is 11.6 Å². The average molecular weight is 199 g/mol. The molecule has 0 unspecified atom stereocenters. The summed E-state index contributed by atoms with van der Waals surface area (Å²) in [6.45, 7) is 0.764. The molecule has 0 atom stereocenters. The van der Waals surface area contributed by atoms with E-state index in [-0.39, 0.29) is 5.97 Å². The molecule has 1 saturated heterocycles. The Bertz CT molecular complexity index is 305. The van der Waals surface area contributed by atoms with Crippen molar-refractivity contribution in [1.82, 2.24) is 4.98 Å². The van der Waals surface area contributed by atoms with E-state index in [1.54, 1.807) is 6.20 Å². The Morgan fingerprint density at radius 3 is 2.92 bits per heavy atom. The number of rotatable bonds is 2. The van der Waals surface area contributed by atoms with Gasteiger partial charge >= 0.3 is 5.97 Å². The second kappa shape index (κ2) is 3.08. The van der Waals surface area contributed by atoms with Crippen molar-refractivity contribution >= 4 is 17.3 Å². The first-order valence-corrected chi connectivity index (χ1v) is 4.74. The lowest BCUT2D eigenvalue weighted by Gasteiger charge is -2.36. The van der Waals surface area contributed by atoms with Crippen molar-refractivity contribution in [2.45, 2.75) is 5.41 Å². The third-order valence-electron chi connectivity index (χ3n) is 2.11. The molecule has 1 aromatic rings. The standard InChI is InChI=1S/C8H9NO3S/c1-11-7(10)8(4-12-5-8)6-9-2-3-13-6/h2-3H,4-5H2,1H3. The molecule has 1 aliphatic heterocycles. The molecular formula is C8H9NO3S. The van der Waals surface area contributed by atoms with E-state index in [9.17, 15) is 4.79 Å². The number of esters is 1. The predicted molar refractivity (Wildman–Crippen MR) is 46.6 cm³/mol. The van der Waals surface area contributed by atoms with Crippen LogP contribution < -0.4 is 0 Å². The van der Waals surface area contributed by atoms with E-state index in [0.29, 0.717) is 13.2 Å². The van der Waals surface area contributed by atoms with Crippen molar-refractivity contribution in [3.05, 3.63) is 16.6 Å². The zero-order valence-electron chi connectivity index (χ0n) is 7.15. The van der Waals surface area contributed by atoms with Crippen LogP contribution in [-0.2, 0) is 19.7 Å². The van der Waals surface area contributed by atoms with Crippen LogP contribution >= 0.6 is 11.3 Å². The van der Waals surface area contributed by atoms with Crippen molar-refractivity contribution in [2.75, 3.05) is 20.3 Å². The number of hydrogen-bond acceptors (Lipinski definition) is 5. The number of thiazole rings is 1. The van der Waals surface area contributed by atoms with Gasteiger partial charge in [0.25, 0.3) is 0 Å². The molecule has 13 heavy (non-hydrogen) atoms. The van der Waals surface area contributed by atoms with Crippen molar-refractivity contribution in [2.24, 2.45) is 0 Å². The minimum atomic E-state index is -0.622. The van der Waals surface area contributed by atoms with Gasteiger partial charge in [-0.25, -0.2) is 4.98 Å². The van der Waals surface area contributed by atoms with E-state index in [2.05, 4.69) is 4.98 Å². The summed E-state index contributed by atoms with van der Waals surface area (Å²) in [5, 5.41) is 2.63. The Balaban J connectivity index is 2.31. The van der Waals surface area contributed by atoms with E-state index in [1.807, 2.05) is 5.38 Å². The average Bonchev–Trinajstić information content (AvgIpc) is 2.55. The molecule has 0 aromatic carbocycles. The van der Waals surface area contributed by atoms with Gasteiger partial charge in [0.05, 0.1) is 20.3 Å². The Labute approximate surface area is 79.5 Å². The fourth-order valence-electron chi connectivity index (χ4n) is 1.29. The first-order valence-electron chi connectivity index (χ1n) is 3.86. The zero-order chi connectivity index (χ0) is 9.31. The molecule has 0 amide bonds. The number of carbonyl (C=O) groups is 1. The molecule has 2 rings (SSSR count). The maximum atomic E-state index is 11.5. The molecule has 1 aliphatic rings. The Morgan fingerprint density at radius 1 is 1.77 bits per heavy atom. The number of methoxy groups -OCH3 is 1. The summed E-state index contributed by atoms with van der Waals surface area (Å²) in [5.74, 6) is -0.256. The predicted octanol–water partition coefficient (Wildman–Crippen LogP) is 0.584. The maximum absolute atomic E-state index is 11.5. The third kappa shape index (κ3) is 1.15. The molecule has 2 heterocycles. The second-order valence-corrected chi connectivity index (χ2v) is 3.80. The van der Waals surface area contributed by atoms with Crippen LogP contribution in [0.4, 0.5) is 0 Å². The molecule has 5 heteroatoms. The first kappa shape index (κ1) is 8.65. The topological polar surface area (TPSA) is 48.4 Å². The van der Waals surface area contributed by atoms with Gasteiger partial charge in [0.1, 0.15) is 5.01 Å². The lowest BCUT2D eigenvalue weighted by Crippen LogP contribution is -2.53. The summed E-state index contributed by atoms with van der Waals surface area (Å²) in [7, 11) is 1.38. The summed E-state index contributed by atoms with van der Waals surface area (Å²) in [6.07, 6.45) is 1.68. The largest absolute Gasteiger partial charge is 0.468 e. The van der Waals surface area contributed by atoms with E-state index in [1.165, 1.54) is 18.4 Å². The summed E-state index contributed by atoms with van der Waals surface area (Å²) >= 11 is 1.46. The van der Waals surface area contributed by atoms with Gasteiger partial charge in [-0.15, -0.1) is 11.3 Å². The van der Waals surface area contributed by atoms with Gasteiger partial charge in [-0.1, -0.05) is 0 Å². The minimum absolute atomic E-state index is 0.256. The van der Waals surface area contributed by atoms with Gasteiger partial charge in [0.2, 0.25) is 0 Å². The van der Waals surface area contributed by atoms with Crippen LogP contribution in [0.15, 0.2) is 11.6 Å². The third-order valence-corrected chi connectivity index (χ3v) is 3.09. The van der Waals surface area contributed by atoms with E-state index < -0.39 is 5.41 Å². The van der Waals surface area contributed by atoms with Crippen molar-refractivity contribution in [1.29, 1.82) is 0 Å². The number of ether oxygens (including phenoxy) is 2. The lowest BCUT2D eigenvalue weighted by molar-refractivity contribution is -0.166. The van der Waals surface area contributed by atoms with E-state index >= 15 is 0 Å². The molecule has 0 spiro atoms. The fourth-order valence-corrected chi connectivity index (χ4v) is 2.09. The van der Waals surface area contributed by atoms with Crippen LogP contribution in [0.25, 0.3) is 0 Å². The SMILES string of the molecule is COC(=O)C1(c2nccs2)COC1. The molecule has 0 N–H and O–H groups in total. The number of hydrogen-bond donors (Lipinski definition) is 0. The van der Waals surface area contributed by atoms with Crippen molar-refractivity contribution in [3.63, 3.8) is 0 Å². The van der Waals surface area contributed by atoms with Crippen LogP contribution in [0.1, 0.15) is 5.01 Å². The number of carbonyl (C=O) groups excluding carboxylic acids is 1. The van der Waals surface area contributed by atoms with Gasteiger partial charge in [0.15, 0.2) is 5.41 Å². The summed E-state index contributed by atoms with van der Waals surface area (Å²) in [4.78, 5) is 15.6. The Morgan fingerprint density at radius 2 is 2.54 bits per heavy atom. The second-order valence-electron chi connectivity index (χ2n) is 2.90. The molecule has 1 fully saturated rings. The quantitative estimate of drug-likeness (QED) is 0.654. The summed E-state index contributed by atoms with van der Waals surface area (Å²) in [5.41, 5.74) is -0.622. The zero-order valence-corrected chi connectivity index (χ0v) is 7.97. The highest BCUT2D eigenvalue weighted by Gasteiger charge is 2.50. The Kier molecular flexibility index (Phi) is 2.05. The number of nitrogens with zero attached hydrogens (tertiary/aromatic N) is 1. The van der Waals surface area contributed by atoms with Gasteiger partial charge in [-0.05, 0) is 0 Å². The van der Waals surface area contributed by atoms with Crippen LogP contribution in [-0.4, -0.2) is 31.3 Å². The highest BCUT2D eigenvalue weighted by molar-refractivity contribution is 7.09. The minimum Gasteiger partial charge on any atom is -0.468 e. The monoisotopic (exact) mass is 199 g/mol. The van der Waals surface area contributed by atoms with Crippen LogP contribution in [0, 0.1) is 0 Å². The Hall–Kier alpha value is -0.940. The van der Waals surface area contributed by atoms with Crippen LogP contribution in [0.5, 0.6) is 0 Å². The molecule has 1 aromatic heterocycles. The molecule has 0 saturated carbocycles. The maximum Gasteiger partial charge on any atom is 0.323 e. The smallest absolute Gasteiger partial charge is 0.323 e. The van der Waals surface area contributed by atoms with Crippen molar-refractivity contribution < 1.29 is 14.3 Å². The molecule has 70 valence electrons. The lowest BCUT2D eigenvalue weighted by atomic mass is 9.87. The molecule has 4 nitrogen and oxygen atoms in total. The van der Waals surface area contributed by atoms with E-state index in [4.69, 9.17) is 9.47 Å². The van der Waals surface area contributed by atoms with E-state index in [0.717, 1.165) is 5.01 Å². The van der Waals surface area contributed by atoms with Gasteiger partial charge in [-0.3, -0.25) is 4.79 Å². The normalized spacial score (nSPS) is 19.2. The summed E-state index contributed by atoms with van der Waals surface area (Å²) in [6, 6.07) is 0. The van der Waals surface area contributed by atoms with Crippen LogP contribution in [0.3, 0.4) is 0 Å². The van der Waals surface area contributed by atoms with Gasteiger partial charge in [-0.2, -0.15) is 0 Å². The van der Waals surface area contributed by atoms with Crippen molar-refractivity contribution in [3.8, 4) is 0 Å². The molecule has 0 bridgehead atoms. The summed E-state index contributed by atoms with van der Waals surface area (Å²) < 4.78 is 9.78. The molecule has 0 aliphatic carbocycles. The molecule has 0 radical (unpaired) electrons. The van der Waals surface area contributed by atoms with Gasteiger partial charge < -0.3 is 9.47 Å². The van der Waals surface area contributed by atoms with Crippen LogP contribution in [0.2, 0.25) is 0 Å². The highest BCUT2D eigenvalue weighted by Crippen LogP contribution is 2.34. The first-order chi connectivity index (χ1) is 6.29. The highest BCUT2D eigenvalue weighted by atomic mass is 32.1. The molecular weight excluding hydrogens is 190 g/mol.